The Morgan fingerprint density at radius 1 is 1.28 bits per heavy atom. The Kier molecular flexibility index (Phi) is 4.36. The van der Waals surface area contributed by atoms with Crippen LogP contribution in [0.2, 0.25) is 0 Å². The number of rotatable bonds is 6. The lowest BCUT2D eigenvalue weighted by molar-refractivity contribution is 0.623. The number of nitrogens with one attached hydrogen (secondary N) is 1. The third-order valence-electron chi connectivity index (χ3n) is 3.05. The lowest BCUT2D eigenvalue weighted by Gasteiger charge is -2.12. The predicted molar refractivity (Wildman–Crippen MR) is 74.3 cm³/mol. The molecule has 4 nitrogen and oxygen atoms in total. The molecule has 0 aliphatic carbocycles. The van der Waals surface area contributed by atoms with E-state index in [0.29, 0.717) is 0 Å². The second kappa shape index (κ2) is 6.21. The smallest absolute Gasteiger partial charge is 0.123 e. The van der Waals surface area contributed by atoms with Crippen LogP contribution in [0, 0.1) is 0 Å². The monoisotopic (exact) mass is 244 g/mol. The van der Waals surface area contributed by atoms with Gasteiger partial charge in [0.15, 0.2) is 0 Å². The number of anilines is 1. The van der Waals surface area contributed by atoms with E-state index < -0.39 is 0 Å². The number of aryl methyl sites for hydroxylation is 1. The highest BCUT2D eigenvalue weighted by Crippen LogP contribution is 2.15. The van der Waals surface area contributed by atoms with Crippen molar-refractivity contribution in [2.75, 3.05) is 11.9 Å². The van der Waals surface area contributed by atoms with Crippen LogP contribution in [0.3, 0.4) is 0 Å². The molecule has 3 N–H and O–H groups in total. The molecule has 2 aromatic rings. The lowest BCUT2D eigenvalue weighted by atomic mass is 10.0. The SMILES string of the molecule is Cn1nccc1NCCCC(N)c1ccccc1. The molecule has 1 aromatic heterocycles. The first-order valence-corrected chi connectivity index (χ1v) is 6.30. The van der Waals surface area contributed by atoms with Gasteiger partial charge in [0.05, 0.1) is 6.20 Å². The molecular weight excluding hydrogens is 224 g/mol. The highest BCUT2D eigenvalue weighted by molar-refractivity contribution is 5.33. The summed E-state index contributed by atoms with van der Waals surface area (Å²) in [7, 11) is 1.93. The minimum Gasteiger partial charge on any atom is -0.370 e. The van der Waals surface area contributed by atoms with E-state index in [2.05, 4.69) is 22.5 Å². The molecule has 18 heavy (non-hydrogen) atoms. The normalized spacial score (nSPS) is 12.3. The summed E-state index contributed by atoms with van der Waals surface area (Å²) in [6.45, 7) is 0.917. The Hall–Kier alpha value is -1.81. The number of nitrogens with zero attached hydrogens (tertiary/aromatic N) is 2. The van der Waals surface area contributed by atoms with E-state index in [0.717, 1.165) is 25.2 Å². The van der Waals surface area contributed by atoms with Gasteiger partial charge in [0.25, 0.3) is 0 Å². The van der Waals surface area contributed by atoms with Crippen LogP contribution in [0.1, 0.15) is 24.4 Å². The van der Waals surface area contributed by atoms with E-state index in [4.69, 9.17) is 5.73 Å². The molecule has 1 aromatic carbocycles. The first-order valence-electron chi connectivity index (χ1n) is 6.30. The van der Waals surface area contributed by atoms with Gasteiger partial charge in [-0.1, -0.05) is 30.3 Å². The van der Waals surface area contributed by atoms with Crippen molar-refractivity contribution in [1.82, 2.24) is 9.78 Å². The fraction of sp³-hybridized carbons (Fsp3) is 0.357. The number of aromatic nitrogens is 2. The van der Waals surface area contributed by atoms with Crippen LogP contribution >= 0.6 is 0 Å². The summed E-state index contributed by atoms with van der Waals surface area (Å²) in [6.07, 6.45) is 3.81. The Morgan fingerprint density at radius 3 is 2.72 bits per heavy atom. The van der Waals surface area contributed by atoms with Gasteiger partial charge in [-0.15, -0.1) is 0 Å². The van der Waals surface area contributed by atoms with Crippen molar-refractivity contribution >= 4 is 5.82 Å². The molecule has 0 spiro atoms. The summed E-state index contributed by atoms with van der Waals surface area (Å²) in [5, 5.41) is 7.45. The summed E-state index contributed by atoms with van der Waals surface area (Å²) in [5.74, 6) is 1.04. The van der Waals surface area contributed by atoms with Crippen molar-refractivity contribution in [3.63, 3.8) is 0 Å². The van der Waals surface area contributed by atoms with E-state index in [9.17, 15) is 0 Å². The molecule has 2 rings (SSSR count). The third-order valence-corrected chi connectivity index (χ3v) is 3.05. The first-order chi connectivity index (χ1) is 8.77. The van der Waals surface area contributed by atoms with Crippen molar-refractivity contribution < 1.29 is 0 Å². The number of hydrogen-bond acceptors (Lipinski definition) is 3. The van der Waals surface area contributed by atoms with Gasteiger partial charge >= 0.3 is 0 Å². The van der Waals surface area contributed by atoms with Crippen molar-refractivity contribution in [2.45, 2.75) is 18.9 Å². The van der Waals surface area contributed by atoms with Gasteiger partial charge in [-0.2, -0.15) is 5.10 Å². The van der Waals surface area contributed by atoms with Crippen LogP contribution in [-0.2, 0) is 7.05 Å². The fourth-order valence-electron chi connectivity index (χ4n) is 1.95. The minimum absolute atomic E-state index is 0.125. The zero-order chi connectivity index (χ0) is 12.8. The summed E-state index contributed by atoms with van der Waals surface area (Å²) >= 11 is 0. The average molecular weight is 244 g/mol. The average Bonchev–Trinajstić information content (AvgIpc) is 2.81. The quantitative estimate of drug-likeness (QED) is 0.767. The van der Waals surface area contributed by atoms with Crippen LogP contribution in [-0.4, -0.2) is 16.3 Å². The van der Waals surface area contributed by atoms with Gasteiger partial charge in [0.1, 0.15) is 5.82 Å². The van der Waals surface area contributed by atoms with Crippen LogP contribution < -0.4 is 11.1 Å². The molecule has 4 heteroatoms. The van der Waals surface area contributed by atoms with Crippen LogP contribution in [0.5, 0.6) is 0 Å². The molecule has 0 saturated carbocycles. The minimum atomic E-state index is 0.125. The topological polar surface area (TPSA) is 55.9 Å². The Morgan fingerprint density at radius 2 is 2.06 bits per heavy atom. The Balaban J connectivity index is 1.71. The highest BCUT2D eigenvalue weighted by Gasteiger charge is 2.04. The lowest BCUT2D eigenvalue weighted by Crippen LogP contribution is -2.13. The van der Waals surface area contributed by atoms with Gasteiger partial charge in [-0.25, -0.2) is 0 Å². The van der Waals surface area contributed by atoms with Gasteiger partial charge in [-0.3, -0.25) is 4.68 Å². The maximum absolute atomic E-state index is 6.14. The molecule has 0 aliphatic rings. The molecule has 0 amide bonds. The van der Waals surface area contributed by atoms with Crippen molar-refractivity contribution in [3.05, 3.63) is 48.2 Å². The third kappa shape index (κ3) is 3.34. The van der Waals surface area contributed by atoms with Gasteiger partial charge in [-0.05, 0) is 18.4 Å². The number of hydrogen-bond donors (Lipinski definition) is 2. The molecule has 0 radical (unpaired) electrons. The standard InChI is InChI=1S/C14H20N4/c1-18-14(9-11-17-18)16-10-5-8-13(15)12-6-3-2-4-7-12/h2-4,6-7,9,11,13,16H,5,8,10,15H2,1H3. The van der Waals surface area contributed by atoms with Gasteiger partial charge in [0.2, 0.25) is 0 Å². The van der Waals surface area contributed by atoms with E-state index in [1.54, 1.807) is 6.20 Å². The maximum atomic E-state index is 6.14. The molecular formula is C14H20N4. The maximum Gasteiger partial charge on any atom is 0.123 e. The van der Waals surface area contributed by atoms with Crippen molar-refractivity contribution in [2.24, 2.45) is 12.8 Å². The summed E-state index contributed by atoms with van der Waals surface area (Å²) in [5.41, 5.74) is 7.35. The van der Waals surface area contributed by atoms with Crippen LogP contribution in [0.15, 0.2) is 42.6 Å². The molecule has 1 heterocycles. The second-order valence-corrected chi connectivity index (χ2v) is 4.43. The molecule has 0 bridgehead atoms. The predicted octanol–water partition coefficient (Wildman–Crippen LogP) is 2.31. The largest absolute Gasteiger partial charge is 0.370 e. The molecule has 96 valence electrons. The highest BCUT2D eigenvalue weighted by atomic mass is 15.3. The van der Waals surface area contributed by atoms with Gasteiger partial charge in [0, 0.05) is 25.7 Å². The molecule has 0 fully saturated rings. The first kappa shape index (κ1) is 12.6. The second-order valence-electron chi connectivity index (χ2n) is 4.43. The fourth-order valence-corrected chi connectivity index (χ4v) is 1.95. The summed E-state index contributed by atoms with van der Waals surface area (Å²) in [4.78, 5) is 0. The van der Waals surface area contributed by atoms with E-state index in [-0.39, 0.29) is 6.04 Å². The zero-order valence-electron chi connectivity index (χ0n) is 10.7. The van der Waals surface area contributed by atoms with E-state index >= 15 is 0 Å². The van der Waals surface area contributed by atoms with Gasteiger partial charge < -0.3 is 11.1 Å². The van der Waals surface area contributed by atoms with Crippen molar-refractivity contribution in [3.8, 4) is 0 Å². The van der Waals surface area contributed by atoms with E-state index in [1.165, 1.54) is 5.56 Å². The number of nitrogens with two attached hydrogens (primary N) is 1. The summed E-state index contributed by atoms with van der Waals surface area (Å²) < 4.78 is 1.83. The van der Waals surface area contributed by atoms with E-state index in [1.807, 2.05) is 36.0 Å². The van der Waals surface area contributed by atoms with Crippen molar-refractivity contribution in [1.29, 1.82) is 0 Å². The van der Waals surface area contributed by atoms with Crippen LogP contribution in [0.25, 0.3) is 0 Å². The Bertz CT molecular complexity index is 464. The number of benzene rings is 1. The Labute approximate surface area is 108 Å². The zero-order valence-corrected chi connectivity index (χ0v) is 10.7. The van der Waals surface area contributed by atoms with Crippen LogP contribution in [0.4, 0.5) is 5.82 Å². The molecule has 1 unspecified atom stereocenters. The molecule has 1 atom stereocenters. The molecule has 0 saturated heterocycles. The molecule has 0 aliphatic heterocycles. The summed E-state index contributed by atoms with van der Waals surface area (Å²) in [6, 6.07) is 12.3.